The number of hydrogen-bond acceptors (Lipinski definition) is 6. The summed E-state index contributed by atoms with van der Waals surface area (Å²) in [5.74, 6) is 1.35. The molecule has 0 heterocycles. The summed E-state index contributed by atoms with van der Waals surface area (Å²) in [6, 6.07) is 12.6. The Labute approximate surface area is 153 Å². The molecular weight excluding hydrogens is 356 g/mol. The van der Waals surface area contributed by atoms with E-state index < -0.39 is 10.0 Å². The van der Waals surface area contributed by atoms with Gasteiger partial charge in [0.05, 0.1) is 18.1 Å². The summed E-state index contributed by atoms with van der Waals surface area (Å²) in [6.45, 7) is 4.42. The average molecular weight is 376 g/mol. The number of anilines is 1. The second kappa shape index (κ2) is 8.97. The van der Waals surface area contributed by atoms with Gasteiger partial charge in [-0.25, -0.2) is 8.42 Å². The molecule has 0 aromatic heterocycles. The van der Waals surface area contributed by atoms with E-state index in [0.29, 0.717) is 36.1 Å². The van der Waals surface area contributed by atoms with Crippen molar-refractivity contribution in [3.05, 3.63) is 42.5 Å². The van der Waals surface area contributed by atoms with Crippen LogP contribution in [0.2, 0.25) is 0 Å². The van der Waals surface area contributed by atoms with E-state index in [-0.39, 0.29) is 11.5 Å². The van der Waals surface area contributed by atoms with E-state index in [4.69, 9.17) is 19.5 Å². The molecule has 0 aliphatic rings. The number of benzene rings is 2. The number of rotatable bonds is 9. The highest BCUT2D eigenvalue weighted by Gasteiger charge is 2.17. The molecule has 7 nitrogen and oxygen atoms in total. The van der Waals surface area contributed by atoms with Crippen LogP contribution in [0.4, 0.5) is 5.69 Å². The first-order chi connectivity index (χ1) is 12.5. The van der Waals surface area contributed by atoms with Gasteiger partial charge >= 0.3 is 0 Å². The molecule has 0 radical (unpaired) electrons. The van der Waals surface area contributed by atoms with Crippen molar-refractivity contribution >= 4 is 15.7 Å². The Morgan fingerprint density at radius 2 is 1.62 bits per heavy atom. The van der Waals surface area contributed by atoms with Crippen LogP contribution >= 0.6 is 0 Å². The molecule has 0 saturated heterocycles. The van der Waals surface area contributed by atoms with Crippen molar-refractivity contribution in [2.24, 2.45) is 0 Å². The van der Waals surface area contributed by atoms with Crippen LogP contribution in [-0.2, 0) is 10.0 Å². The van der Waals surface area contributed by atoms with Crippen LogP contribution < -0.4 is 18.9 Å². The normalized spacial score (nSPS) is 10.7. The number of hydrogen-bond donors (Lipinski definition) is 1. The van der Waals surface area contributed by atoms with Crippen molar-refractivity contribution in [2.45, 2.75) is 18.7 Å². The van der Waals surface area contributed by atoms with Gasteiger partial charge in [-0.05, 0) is 50.2 Å². The zero-order chi connectivity index (χ0) is 19.0. The molecule has 0 aliphatic carbocycles. The van der Waals surface area contributed by atoms with Crippen LogP contribution in [-0.4, -0.2) is 28.2 Å². The van der Waals surface area contributed by atoms with Crippen molar-refractivity contribution in [2.75, 3.05) is 24.5 Å². The van der Waals surface area contributed by atoms with Crippen LogP contribution in [0, 0.1) is 11.3 Å². The zero-order valence-corrected chi connectivity index (χ0v) is 15.4. The number of nitriles is 1. The fourth-order valence-electron chi connectivity index (χ4n) is 2.15. The lowest BCUT2D eigenvalue weighted by Gasteiger charge is -2.13. The lowest BCUT2D eigenvalue weighted by Crippen LogP contribution is -2.13. The molecule has 2 rings (SSSR count). The Balaban J connectivity index is 2.21. The number of nitrogens with zero attached hydrogens (tertiary/aromatic N) is 1. The fourth-order valence-corrected chi connectivity index (χ4v) is 3.22. The van der Waals surface area contributed by atoms with E-state index in [1.54, 1.807) is 30.3 Å². The molecule has 2 aromatic carbocycles. The summed E-state index contributed by atoms with van der Waals surface area (Å²) in [6.07, 6.45) is 0. The van der Waals surface area contributed by atoms with E-state index in [0.717, 1.165) is 0 Å². The van der Waals surface area contributed by atoms with E-state index in [2.05, 4.69) is 4.72 Å². The summed E-state index contributed by atoms with van der Waals surface area (Å²) < 4.78 is 43.7. The second-order valence-electron chi connectivity index (χ2n) is 5.05. The van der Waals surface area contributed by atoms with E-state index >= 15 is 0 Å². The Morgan fingerprint density at radius 3 is 2.23 bits per heavy atom. The summed E-state index contributed by atoms with van der Waals surface area (Å²) in [5, 5.41) is 8.49. The summed E-state index contributed by atoms with van der Waals surface area (Å²) in [5.41, 5.74) is 0.376. The van der Waals surface area contributed by atoms with Crippen molar-refractivity contribution in [3.63, 3.8) is 0 Å². The third-order valence-corrected chi connectivity index (χ3v) is 4.61. The van der Waals surface area contributed by atoms with Crippen LogP contribution in [0.25, 0.3) is 0 Å². The first-order valence-corrected chi connectivity index (χ1v) is 9.50. The molecule has 0 bridgehead atoms. The number of nitrogens with one attached hydrogen (secondary N) is 1. The van der Waals surface area contributed by atoms with E-state index in [1.807, 2.05) is 19.9 Å². The molecule has 26 heavy (non-hydrogen) atoms. The monoisotopic (exact) mass is 376 g/mol. The minimum absolute atomic E-state index is 0.0641. The first-order valence-electron chi connectivity index (χ1n) is 8.02. The Hall–Kier alpha value is -2.92. The predicted molar refractivity (Wildman–Crippen MR) is 97.1 cm³/mol. The topological polar surface area (TPSA) is 97.7 Å². The van der Waals surface area contributed by atoms with E-state index in [1.165, 1.54) is 12.1 Å². The molecule has 0 fully saturated rings. The zero-order valence-electron chi connectivity index (χ0n) is 14.6. The Morgan fingerprint density at radius 1 is 0.962 bits per heavy atom. The quantitative estimate of drug-likeness (QED) is 0.722. The van der Waals surface area contributed by atoms with Gasteiger partial charge in [0.1, 0.15) is 11.8 Å². The van der Waals surface area contributed by atoms with Crippen molar-refractivity contribution < 1.29 is 22.6 Å². The highest BCUT2D eigenvalue weighted by atomic mass is 32.2. The summed E-state index contributed by atoms with van der Waals surface area (Å²) in [4.78, 5) is 0.0641. The van der Waals surface area contributed by atoms with Crippen molar-refractivity contribution in [1.29, 1.82) is 5.26 Å². The third kappa shape index (κ3) is 5.04. The molecule has 1 N–H and O–H groups in total. The summed E-state index contributed by atoms with van der Waals surface area (Å²) in [7, 11) is -3.79. The van der Waals surface area contributed by atoms with Crippen LogP contribution in [0.1, 0.15) is 13.8 Å². The average Bonchev–Trinajstić information content (AvgIpc) is 2.62. The second-order valence-corrected chi connectivity index (χ2v) is 6.73. The highest BCUT2D eigenvalue weighted by molar-refractivity contribution is 7.92. The number of sulfonamides is 1. The van der Waals surface area contributed by atoms with Crippen LogP contribution in [0.3, 0.4) is 0 Å². The molecule has 8 heteroatoms. The van der Waals surface area contributed by atoms with Crippen molar-refractivity contribution in [1.82, 2.24) is 0 Å². The lowest BCUT2D eigenvalue weighted by molar-refractivity contribution is 0.287. The number of ether oxygens (including phenoxy) is 3. The SMILES string of the molecule is CCOc1ccc(S(=O)(=O)Nc2ccc(OCC#N)cc2)cc1OCC. The molecule has 0 amide bonds. The lowest BCUT2D eigenvalue weighted by atomic mass is 10.3. The molecular formula is C18H20N2O5S. The molecule has 0 spiro atoms. The van der Waals surface area contributed by atoms with Crippen LogP contribution in [0.5, 0.6) is 17.2 Å². The molecule has 0 unspecified atom stereocenters. The molecule has 0 aliphatic heterocycles. The minimum atomic E-state index is -3.79. The highest BCUT2D eigenvalue weighted by Crippen LogP contribution is 2.31. The minimum Gasteiger partial charge on any atom is -0.490 e. The van der Waals surface area contributed by atoms with Gasteiger partial charge in [0, 0.05) is 11.8 Å². The molecule has 0 atom stereocenters. The smallest absolute Gasteiger partial charge is 0.262 e. The van der Waals surface area contributed by atoms with Gasteiger partial charge < -0.3 is 14.2 Å². The van der Waals surface area contributed by atoms with Gasteiger partial charge in [-0.1, -0.05) is 0 Å². The maximum Gasteiger partial charge on any atom is 0.262 e. The third-order valence-electron chi connectivity index (χ3n) is 3.24. The molecule has 138 valence electrons. The van der Waals surface area contributed by atoms with Gasteiger partial charge in [-0.2, -0.15) is 5.26 Å². The molecule has 2 aromatic rings. The molecule has 0 saturated carbocycles. The first kappa shape index (κ1) is 19.4. The van der Waals surface area contributed by atoms with Gasteiger partial charge in [0.2, 0.25) is 0 Å². The Bertz CT molecular complexity index is 873. The van der Waals surface area contributed by atoms with Gasteiger partial charge in [-0.3, -0.25) is 4.72 Å². The summed E-state index contributed by atoms with van der Waals surface area (Å²) >= 11 is 0. The Kier molecular flexibility index (Phi) is 6.69. The maximum absolute atomic E-state index is 12.6. The van der Waals surface area contributed by atoms with Crippen molar-refractivity contribution in [3.8, 4) is 23.3 Å². The van der Waals surface area contributed by atoms with Crippen LogP contribution in [0.15, 0.2) is 47.4 Å². The standard InChI is InChI=1S/C18H20N2O5S/c1-3-23-17-10-9-16(13-18(17)24-4-2)26(21,22)20-14-5-7-15(8-6-14)25-12-11-19/h5-10,13,20H,3-4,12H2,1-2H3. The maximum atomic E-state index is 12.6. The van der Waals surface area contributed by atoms with Gasteiger partial charge in [-0.15, -0.1) is 0 Å². The van der Waals surface area contributed by atoms with Gasteiger partial charge in [0.25, 0.3) is 10.0 Å². The largest absolute Gasteiger partial charge is 0.490 e. The fraction of sp³-hybridized carbons (Fsp3) is 0.278. The van der Waals surface area contributed by atoms with E-state index in [9.17, 15) is 8.42 Å². The predicted octanol–water partition coefficient (Wildman–Crippen LogP) is 3.19. The van der Waals surface area contributed by atoms with Gasteiger partial charge in [0.15, 0.2) is 18.1 Å².